The normalized spacial score (nSPS) is 18.5. The topological polar surface area (TPSA) is 55.5 Å². The Labute approximate surface area is 112 Å². The van der Waals surface area contributed by atoms with E-state index in [1.54, 1.807) is 12.1 Å². The highest BCUT2D eigenvalue weighted by Gasteiger charge is 2.22. The van der Waals surface area contributed by atoms with Crippen LogP contribution < -0.4 is 5.73 Å². The Balaban J connectivity index is 0.00000144. The van der Waals surface area contributed by atoms with E-state index < -0.39 is 0 Å². The third-order valence-corrected chi connectivity index (χ3v) is 3.43. The number of rotatable bonds is 2. The summed E-state index contributed by atoms with van der Waals surface area (Å²) in [6.07, 6.45) is 1.97. The molecule has 1 atom stereocenters. The molecule has 0 aromatic heterocycles. The molecular weight excluding hydrogens is 261 g/mol. The van der Waals surface area contributed by atoms with Gasteiger partial charge >= 0.3 is 0 Å². The number of nitrogens with two attached hydrogens (primary N) is 1. The number of phenolic OH excluding ortho intramolecular Hbond substituents is 1. The maximum absolute atomic E-state index is 9.34. The molecule has 0 saturated carbocycles. The Bertz CT molecular complexity index is 368. The number of benzene rings is 1. The zero-order chi connectivity index (χ0) is 11.5. The molecule has 1 saturated heterocycles. The van der Waals surface area contributed by atoms with E-state index >= 15 is 0 Å². The number of phenols is 1. The fourth-order valence-electron chi connectivity index (χ4n) is 2.08. The van der Waals surface area contributed by atoms with E-state index in [4.69, 9.17) is 22.1 Å². The van der Waals surface area contributed by atoms with Crippen molar-refractivity contribution in [1.82, 2.24) is 0 Å². The number of hydrogen-bond donors (Lipinski definition) is 2. The van der Waals surface area contributed by atoms with Crippen LogP contribution in [-0.2, 0) is 4.74 Å². The lowest BCUT2D eigenvalue weighted by molar-refractivity contribution is 0.0584. The Morgan fingerprint density at radius 2 is 2.00 bits per heavy atom. The first-order valence-electron chi connectivity index (χ1n) is 5.50. The maximum atomic E-state index is 9.34. The van der Waals surface area contributed by atoms with Gasteiger partial charge in [-0.05, 0) is 36.5 Å². The highest BCUT2D eigenvalue weighted by atomic mass is 35.5. The van der Waals surface area contributed by atoms with Crippen molar-refractivity contribution in [3.63, 3.8) is 0 Å². The molecule has 3 nitrogen and oxygen atoms in total. The Kier molecular flexibility index (Phi) is 5.53. The molecule has 1 aliphatic rings. The van der Waals surface area contributed by atoms with Crippen molar-refractivity contribution >= 4 is 24.0 Å². The third-order valence-electron chi connectivity index (χ3n) is 3.13. The van der Waals surface area contributed by atoms with Crippen LogP contribution in [0.2, 0.25) is 5.02 Å². The highest BCUT2D eigenvalue weighted by molar-refractivity contribution is 6.32. The average Bonchev–Trinajstić information content (AvgIpc) is 2.33. The van der Waals surface area contributed by atoms with Crippen LogP contribution in [-0.4, -0.2) is 18.3 Å². The Morgan fingerprint density at radius 1 is 1.35 bits per heavy atom. The van der Waals surface area contributed by atoms with Crippen LogP contribution in [0.25, 0.3) is 0 Å². The molecule has 0 aliphatic carbocycles. The quantitative estimate of drug-likeness (QED) is 0.874. The second kappa shape index (κ2) is 6.45. The van der Waals surface area contributed by atoms with Crippen LogP contribution in [0.5, 0.6) is 5.75 Å². The van der Waals surface area contributed by atoms with Crippen LogP contribution in [0.15, 0.2) is 18.2 Å². The first kappa shape index (κ1) is 14.6. The summed E-state index contributed by atoms with van der Waals surface area (Å²) in [5, 5.41) is 9.70. The molecule has 1 aromatic carbocycles. The van der Waals surface area contributed by atoms with Crippen molar-refractivity contribution in [2.45, 2.75) is 18.9 Å². The first-order chi connectivity index (χ1) is 7.68. The predicted molar refractivity (Wildman–Crippen MR) is 70.8 cm³/mol. The standard InChI is InChI=1S/C12H16ClNO2.ClH/c13-10-7-9(1-2-11(10)15)12(14)8-3-5-16-6-4-8;/h1-2,7-8,12,15H,3-6,14H2;1H/t12-;/m1./s1. The van der Waals surface area contributed by atoms with E-state index in [9.17, 15) is 5.11 Å². The molecule has 3 N–H and O–H groups in total. The summed E-state index contributed by atoms with van der Waals surface area (Å²) in [5.74, 6) is 0.541. The molecule has 1 aliphatic heterocycles. The van der Waals surface area contributed by atoms with Crippen LogP contribution in [0.3, 0.4) is 0 Å². The van der Waals surface area contributed by atoms with Crippen molar-refractivity contribution in [1.29, 1.82) is 0 Å². The van der Waals surface area contributed by atoms with Gasteiger partial charge < -0.3 is 15.6 Å². The summed E-state index contributed by atoms with van der Waals surface area (Å²) < 4.78 is 5.31. The van der Waals surface area contributed by atoms with Gasteiger partial charge in [-0.15, -0.1) is 12.4 Å². The molecule has 0 bridgehead atoms. The average molecular weight is 278 g/mol. The Morgan fingerprint density at radius 3 is 2.59 bits per heavy atom. The second-order valence-electron chi connectivity index (χ2n) is 4.19. The van der Waals surface area contributed by atoms with Gasteiger partial charge in [-0.25, -0.2) is 0 Å². The largest absolute Gasteiger partial charge is 0.506 e. The van der Waals surface area contributed by atoms with Gasteiger partial charge in [-0.1, -0.05) is 17.7 Å². The zero-order valence-electron chi connectivity index (χ0n) is 9.43. The van der Waals surface area contributed by atoms with Gasteiger partial charge in [-0.2, -0.15) is 0 Å². The minimum Gasteiger partial charge on any atom is -0.506 e. The number of aromatic hydroxyl groups is 1. The molecular formula is C12H17Cl2NO2. The smallest absolute Gasteiger partial charge is 0.134 e. The van der Waals surface area contributed by atoms with Crippen LogP contribution >= 0.6 is 24.0 Å². The molecule has 17 heavy (non-hydrogen) atoms. The van der Waals surface area contributed by atoms with E-state index in [0.717, 1.165) is 31.6 Å². The minimum atomic E-state index is -0.0259. The zero-order valence-corrected chi connectivity index (χ0v) is 11.0. The summed E-state index contributed by atoms with van der Waals surface area (Å²) in [7, 11) is 0. The van der Waals surface area contributed by atoms with Crippen molar-refractivity contribution in [3.05, 3.63) is 28.8 Å². The molecule has 0 amide bonds. The lowest BCUT2D eigenvalue weighted by Gasteiger charge is -2.28. The van der Waals surface area contributed by atoms with Crippen molar-refractivity contribution in [2.75, 3.05) is 13.2 Å². The highest BCUT2D eigenvalue weighted by Crippen LogP contribution is 2.32. The Hall–Kier alpha value is -0.480. The molecule has 2 rings (SSSR count). The van der Waals surface area contributed by atoms with Gasteiger partial charge in [0.2, 0.25) is 0 Å². The molecule has 1 aromatic rings. The minimum absolute atomic E-state index is 0. The van der Waals surface area contributed by atoms with Crippen molar-refractivity contribution in [3.8, 4) is 5.75 Å². The van der Waals surface area contributed by atoms with Crippen molar-refractivity contribution in [2.24, 2.45) is 11.7 Å². The SMILES string of the molecule is Cl.N[C@@H](c1ccc(O)c(Cl)c1)C1CCOCC1. The van der Waals surface area contributed by atoms with Crippen molar-refractivity contribution < 1.29 is 9.84 Å². The molecule has 0 radical (unpaired) electrons. The number of halogens is 2. The molecule has 0 unspecified atom stereocenters. The van der Waals surface area contributed by atoms with E-state index in [1.165, 1.54) is 0 Å². The fraction of sp³-hybridized carbons (Fsp3) is 0.500. The molecule has 1 fully saturated rings. The van der Waals surface area contributed by atoms with Gasteiger partial charge in [0.15, 0.2) is 0 Å². The fourth-order valence-corrected chi connectivity index (χ4v) is 2.27. The second-order valence-corrected chi connectivity index (χ2v) is 4.59. The van der Waals surface area contributed by atoms with Gasteiger partial charge in [0.1, 0.15) is 5.75 Å². The summed E-state index contributed by atoms with van der Waals surface area (Å²) in [6.45, 7) is 1.56. The summed E-state index contributed by atoms with van der Waals surface area (Å²) in [4.78, 5) is 0. The van der Waals surface area contributed by atoms with Gasteiger partial charge in [0.05, 0.1) is 5.02 Å². The summed E-state index contributed by atoms with van der Waals surface area (Å²) in [6, 6.07) is 5.15. The van der Waals surface area contributed by atoms with E-state index in [1.807, 2.05) is 6.07 Å². The lowest BCUT2D eigenvalue weighted by atomic mass is 9.88. The van der Waals surface area contributed by atoms with E-state index in [0.29, 0.717) is 10.9 Å². The monoisotopic (exact) mass is 277 g/mol. The van der Waals surface area contributed by atoms with Crippen LogP contribution in [0, 0.1) is 5.92 Å². The number of ether oxygens (including phenoxy) is 1. The molecule has 96 valence electrons. The van der Waals surface area contributed by atoms with E-state index in [-0.39, 0.29) is 24.2 Å². The summed E-state index contributed by atoms with van der Waals surface area (Å²) in [5.41, 5.74) is 7.17. The summed E-state index contributed by atoms with van der Waals surface area (Å²) >= 11 is 5.87. The third kappa shape index (κ3) is 3.49. The van der Waals surface area contributed by atoms with Crippen LogP contribution in [0.4, 0.5) is 0 Å². The van der Waals surface area contributed by atoms with Gasteiger partial charge in [0.25, 0.3) is 0 Å². The number of hydrogen-bond acceptors (Lipinski definition) is 3. The van der Waals surface area contributed by atoms with Gasteiger partial charge in [-0.3, -0.25) is 0 Å². The van der Waals surface area contributed by atoms with Crippen LogP contribution in [0.1, 0.15) is 24.4 Å². The van der Waals surface area contributed by atoms with E-state index in [2.05, 4.69) is 0 Å². The molecule has 0 spiro atoms. The maximum Gasteiger partial charge on any atom is 0.134 e. The molecule has 5 heteroatoms. The predicted octanol–water partition coefficient (Wildman–Crippen LogP) is 2.89. The first-order valence-corrected chi connectivity index (χ1v) is 5.88. The molecule has 1 heterocycles. The lowest BCUT2D eigenvalue weighted by Crippen LogP contribution is -2.27. The van der Waals surface area contributed by atoms with Gasteiger partial charge in [0, 0.05) is 19.3 Å².